The average molecular weight is 298 g/mol. The lowest BCUT2D eigenvalue weighted by Gasteiger charge is -2.21. The molecule has 0 fully saturated rings. The van der Waals surface area contributed by atoms with Gasteiger partial charge in [0.05, 0.1) is 12.1 Å². The van der Waals surface area contributed by atoms with Gasteiger partial charge in [-0.3, -0.25) is 9.59 Å². The highest BCUT2D eigenvalue weighted by molar-refractivity contribution is 5.90. The van der Waals surface area contributed by atoms with E-state index in [9.17, 15) is 9.59 Å². The van der Waals surface area contributed by atoms with Gasteiger partial charge in [0, 0.05) is 6.42 Å². The first-order valence-corrected chi connectivity index (χ1v) is 8.50. The van der Waals surface area contributed by atoms with Gasteiger partial charge >= 0.3 is 0 Å². The van der Waals surface area contributed by atoms with Crippen molar-refractivity contribution in [3.63, 3.8) is 0 Å². The molecule has 0 rings (SSSR count). The van der Waals surface area contributed by atoms with Crippen molar-refractivity contribution in [1.82, 2.24) is 5.32 Å². The van der Waals surface area contributed by atoms with Gasteiger partial charge in [0.15, 0.2) is 5.78 Å². The van der Waals surface area contributed by atoms with Crippen LogP contribution in [0.4, 0.5) is 0 Å². The molecule has 0 spiro atoms. The van der Waals surface area contributed by atoms with Gasteiger partial charge in [0.2, 0.25) is 5.91 Å². The zero-order valence-electron chi connectivity index (χ0n) is 14.3. The molecule has 3 N–H and O–H groups in total. The van der Waals surface area contributed by atoms with Crippen LogP contribution >= 0.6 is 0 Å². The number of carbonyl (C=O) groups is 2. The number of ketones is 1. The van der Waals surface area contributed by atoms with Crippen LogP contribution in [-0.4, -0.2) is 23.8 Å². The minimum Gasteiger partial charge on any atom is -0.345 e. The maximum atomic E-state index is 12.2. The molecule has 0 aromatic rings. The van der Waals surface area contributed by atoms with Crippen molar-refractivity contribution in [1.29, 1.82) is 0 Å². The molecule has 0 aliphatic carbocycles. The third-order valence-corrected chi connectivity index (χ3v) is 3.62. The molecule has 0 radical (unpaired) electrons. The summed E-state index contributed by atoms with van der Waals surface area (Å²) in [6, 6.07) is -0.857. The Balaban J connectivity index is 4.42. The summed E-state index contributed by atoms with van der Waals surface area (Å²) in [5, 5.41) is 2.87. The van der Waals surface area contributed by atoms with Gasteiger partial charge < -0.3 is 11.1 Å². The first kappa shape index (κ1) is 20.1. The highest BCUT2D eigenvalue weighted by Crippen LogP contribution is 2.10. The van der Waals surface area contributed by atoms with Crippen molar-refractivity contribution in [3.8, 4) is 0 Å². The van der Waals surface area contributed by atoms with E-state index < -0.39 is 6.04 Å². The van der Waals surface area contributed by atoms with Crippen LogP contribution in [0.3, 0.4) is 0 Å². The van der Waals surface area contributed by atoms with Crippen LogP contribution in [0, 0.1) is 5.92 Å². The first-order valence-electron chi connectivity index (χ1n) is 8.50. The summed E-state index contributed by atoms with van der Waals surface area (Å²) >= 11 is 0. The van der Waals surface area contributed by atoms with E-state index in [0.717, 1.165) is 38.5 Å². The predicted molar refractivity (Wildman–Crippen MR) is 88.0 cm³/mol. The lowest BCUT2D eigenvalue weighted by Crippen LogP contribution is -2.48. The van der Waals surface area contributed by atoms with E-state index in [-0.39, 0.29) is 17.7 Å². The monoisotopic (exact) mass is 298 g/mol. The van der Waals surface area contributed by atoms with E-state index in [1.807, 2.05) is 13.8 Å². The molecule has 0 aromatic carbocycles. The topological polar surface area (TPSA) is 72.2 Å². The highest BCUT2D eigenvalue weighted by atomic mass is 16.2. The standard InChI is InChI=1S/C17H34N2O2/c1-5-7-9-10-14(18)17(21)19-15(11-8-6-2)16(20)12-13(3)4/h13-15H,5-12,18H2,1-4H3,(H,19,21). The fraction of sp³-hybridized carbons (Fsp3) is 0.882. The van der Waals surface area contributed by atoms with E-state index in [4.69, 9.17) is 5.73 Å². The zero-order valence-corrected chi connectivity index (χ0v) is 14.3. The maximum absolute atomic E-state index is 12.2. The van der Waals surface area contributed by atoms with Gasteiger partial charge in [-0.15, -0.1) is 0 Å². The first-order chi connectivity index (χ1) is 9.92. The van der Waals surface area contributed by atoms with Crippen molar-refractivity contribution >= 4 is 11.7 Å². The Morgan fingerprint density at radius 3 is 2.14 bits per heavy atom. The quantitative estimate of drug-likeness (QED) is 0.543. The second kappa shape index (κ2) is 11.7. The van der Waals surface area contributed by atoms with Crippen LogP contribution in [0.1, 0.15) is 79.1 Å². The number of unbranched alkanes of at least 4 members (excludes halogenated alkanes) is 3. The highest BCUT2D eigenvalue weighted by Gasteiger charge is 2.23. The summed E-state index contributed by atoms with van der Waals surface area (Å²) in [6.45, 7) is 8.25. The van der Waals surface area contributed by atoms with Crippen LogP contribution in [0.15, 0.2) is 0 Å². The maximum Gasteiger partial charge on any atom is 0.237 e. The third-order valence-electron chi connectivity index (χ3n) is 3.62. The molecule has 2 atom stereocenters. The van der Waals surface area contributed by atoms with E-state index >= 15 is 0 Å². The molecule has 0 heterocycles. The number of nitrogens with two attached hydrogens (primary N) is 1. The van der Waals surface area contributed by atoms with E-state index in [2.05, 4.69) is 19.2 Å². The number of rotatable bonds is 12. The molecule has 0 saturated heterocycles. The summed E-state index contributed by atoms with van der Waals surface area (Å²) < 4.78 is 0. The van der Waals surface area contributed by atoms with Crippen molar-refractivity contribution in [2.75, 3.05) is 0 Å². The molecule has 0 aliphatic rings. The Labute approximate surface area is 130 Å². The lowest BCUT2D eigenvalue weighted by atomic mass is 9.97. The summed E-state index contributed by atoms with van der Waals surface area (Å²) in [4.78, 5) is 24.3. The number of hydrogen-bond acceptors (Lipinski definition) is 3. The molecule has 2 unspecified atom stereocenters. The summed E-state index contributed by atoms with van der Waals surface area (Å²) in [5.74, 6) is 0.272. The van der Waals surface area contributed by atoms with Gasteiger partial charge in [-0.1, -0.05) is 59.8 Å². The molecular weight excluding hydrogens is 264 g/mol. The Morgan fingerprint density at radius 2 is 1.62 bits per heavy atom. The number of nitrogens with one attached hydrogen (secondary N) is 1. The van der Waals surface area contributed by atoms with Crippen LogP contribution in [0.2, 0.25) is 0 Å². The summed E-state index contributed by atoms with van der Waals surface area (Å²) in [7, 11) is 0. The molecule has 4 heteroatoms. The van der Waals surface area contributed by atoms with E-state index in [0.29, 0.717) is 18.8 Å². The predicted octanol–water partition coefficient (Wildman–Crippen LogP) is 3.18. The second-order valence-electron chi connectivity index (χ2n) is 6.37. The largest absolute Gasteiger partial charge is 0.345 e. The lowest BCUT2D eigenvalue weighted by molar-refractivity contribution is -0.129. The Morgan fingerprint density at radius 1 is 1.00 bits per heavy atom. The summed E-state index contributed by atoms with van der Waals surface area (Å²) in [6.07, 6.45) is 7.05. The number of hydrogen-bond donors (Lipinski definition) is 2. The number of Topliss-reactive ketones (excluding diaryl/α,β-unsaturated/α-hetero) is 1. The Hall–Kier alpha value is -0.900. The molecule has 0 saturated carbocycles. The van der Waals surface area contributed by atoms with Crippen molar-refractivity contribution in [3.05, 3.63) is 0 Å². The molecule has 4 nitrogen and oxygen atoms in total. The SMILES string of the molecule is CCCCCC(N)C(=O)NC(CCCC)C(=O)CC(C)C. The minimum absolute atomic E-state index is 0.132. The second-order valence-corrected chi connectivity index (χ2v) is 6.37. The third kappa shape index (κ3) is 9.62. The van der Waals surface area contributed by atoms with Crippen molar-refractivity contribution in [2.24, 2.45) is 11.7 Å². The molecular formula is C17H34N2O2. The molecule has 0 bridgehead atoms. The smallest absolute Gasteiger partial charge is 0.237 e. The molecule has 1 amide bonds. The van der Waals surface area contributed by atoms with Crippen LogP contribution in [0.25, 0.3) is 0 Å². The fourth-order valence-corrected chi connectivity index (χ4v) is 2.29. The van der Waals surface area contributed by atoms with Gasteiger partial charge in [0.25, 0.3) is 0 Å². The van der Waals surface area contributed by atoms with Crippen LogP contribution < -0.4 is 11.1 Å². The summed E-state index contributed by atoms with van der Waals surface area (Å²) in [5.41, 5.74) is 5.91. The zero-order chi connectivity index (χ0) is 16.3. The van der Waals surface area contributed by atoms with Gasteiger partial charge in [-0.2, -0.15) is 0 Å². The molecule has 0 aliphatic heterocycles. The Kier molecular flexibility index (Phi) is 11.2. The van der Waals surface area contributed by atoms with Gasteiger partial charge in [-0.25, -0.2) is 0 Å². The van der Waals surface area contributed by atoms with E-state index in [1.54, 1.807) is 0 Å². The van der Waals surface area contributed by atoms with Gasteiger partial charge in [0.1, 0.15) is 0 Å². The van der Waals surface area contributed by atoms with Crippen molar-refractivity contribution < 1.29 is 9.59 Å². The number of amides is 1. The molecule has 0 aromatic heterocycles. The van der Waals surface area contributed by atoms with Crippen molar-refractivity contribution in [2.45, 2.75) is 91.1 Å². The number of carbonyl (C=O) groups excluding carboxylic acids is 2. The minimum atomic E-state index is -0.493. The Bertz CT molecular complexity index is 303. The fourth-order valence-electron chi connectivity index (χ4n) is 2.29. The van der Waals surface area contributed by atoms with Gasteiger partial charge in [-0.05, 0) is 18.8 Å². The average Bonchev–Trinajstić information content (AvgIpc) is 2.42. The molecule has 21 heavy (non-hydrogen) atoms. The molecule has 124 valence electrons. The normalized spacial score (nSPS) is 14.0. The van der Waals surface area contributed by atoms with E-state index in [1.165, 1.54) is 0 Å². The van der Waals surface area contributed by atoms with Crippen LogP contribution in [-0.2, 0) is 9.59 Å². The van der Waals surface area contributed by atoms with Crippen LogP contribution in [0.5, 0.6) is 0 Å².